The van der Waals surface area contributed by atoms with Gasteiger partial charge in [0.1, 0.15) is 6.61 Å². The van der Waals surface area contributed by atoms with E-state index >= 15 is 0 Å². The van der Waals surface area contributed by atoms with Gasteiger partial charge in [0.2, 0.25) is 5.78 Å². The molecule has 20 heavy (non-hydrogen) atoms. The zero-order valence-electron chi connectivity index (χ0n) is 12.1. The summed E-state index contributed by atoms with van der Waals surface area (Å²) in [5.74, 6) is -3.08. The molecule has 0 aromatic rings. The minimum absolute atomic E-state index is 0.134. The van der Waals surface area contributed by atoms with Crippen molar-refractivity contribution >= 4 is 17.7 Å². The van der Waals surface area contributed by atoms with Crippen molar-refractivity contribution in [2.75, 3.05) is 19.8 Å². The predicted octanol–water partition coefficient (Wildman–Crippen LogP) is 1.95. The molecule has 0 atom stereocenters. The molecular formula is C14H24O6. The topological polar surface area (TPSA) is 89.9 Å². The van der Waals surface area contributed by atoms with E-state index < -0.39 is 17.7 Å². The molecule has 0 radical (unpaired) electrons. The number of ether oxygens (including phenoxy) is 2. The molecule has 0 saturated heterocycles. The van der Waals surface area contributed by atoms with Gasteiger partial charge < -0.3 is 14.6 Å². The van der Waals surface area contributed by atoms with Crippen molar-refractivity contribution in [3.05, 3.63) is 0 Å². The average Bonchev–Trinajstić information content (AvgIpc) is 2.42. The van der Waals surface area contributed by atoms with Crippen molar-refractivity contribution in [3.63, 3.8) is 0 Å². The smallest absolute Gasteiger partial charge is 0.372 e. The van der Waals surface area contributed by atoms with Gasteiger partial charge in [-0.25, -0.2) is 4.79 Å². The molecule has 0 saturated carbocycles. The molecule has 0 aliphatic carbocycles. The summed E-state index contributed by atoms with van der Waals surface area (Å²) in [4.78, 5) is 32.1. The van der Waals surface area contributed by atoms with Crippen LogP contribution < -0.4 is 0 Å². The molecule has 0 amide bonds. The van der Waals surface area contributed by atoms with Gasteiger partial charge in [-0.2, -0.15) is 0 Å². The summed E-state index contributed by atoms with van der Waals surface area (Å²) in [6.07, 6.45) is 5.28. The van der Waals surface area contributed by atoms with E-state index in [9.17, 15) is 14.4 Å². The van der Waals surface area contributed by atoms with Crippen LogP contribution in [0.2, 0.25) is 0 Å². The second kappa shape index (κ2) is 12.6. The molecular weight excluding hydrogens is 264 g/mol. The van der Waals surface area contributed by atoms with Crippen LogP contribution in [0.15, 0.2) is 0 Å². The van der Waals surface area contributed by atoms with Crippen molar-refractivity contribution in [3.8, 4) is 0 Å². The summed E-state index contributed by atoms with van der Waals surface area (Å²) >= 11 is 0. The highest BCUT2D eigenvalue weighted by molar-refractivity contribution is 6.32. The molecule has 6 heteroatoms. The number of carbonyl (C=O) groups excluding carboxylic acids is 2. The Morgan fingerprint density at radius 3 is 2.25 bits per heavy atom. The fourth-order valence-electron chi connectivity index (χ4n) is 1.52. The maximum atomic E-state index is 11.2. The molecule has 0 aliphatic heterocycles. The number of unbranched alkanes of at least 4 members (excludes halogenated alkanes) is 4. The van der Waals surface area contributed by atoms with E-state index in [1.54, 1.807) is 0 Å². The molecule has 0 spiro atoms. The van der Waals surface area contributed by atoms with Crippen molar-refractivity contribution in [2.24, 2.45) is 0 Å². The Kier molecular flexibility index (Phi) is 11.7. The second-order valence-corrected chi connectivity index (χ2v) is 4.48. The number of Topliss-reactive ketones (excluding diaryl/α,β-unsaturated/α-hetero) is 1. The molecule has 0 unspecified atom stereocenters. The van der Waals surface area contributed by atoms with Crippen LogP contribution >= 0.6 is 0 Å². The van der Waals surface area contributed by atoms with Crippen LogP contribution in [0.1, 0.15) is 51.9 Å². The lowest BCUT2D eigenvalue weighted by molar-refractivity contribution is -0.151. The lowest BCUT2D eigenvalue weighted by Crippen LogP contribution is -2.16. The molecule has 0 heterocycles. The Bertz CT molecular complexity index is 300. The van der Waals surface area contributed by atoms with E-state index in [0.29, 0.717) is 13.2 Å². The molecule has 0 aliphatic rings. The number of rotatable bonds is 13. The highest BCUT2D eigenvalue weighted by Crippen LogP contribution is 2.02. The first-order chi connectivity index (χ1) is 9.57. The van der Waals surface area contributed by atoms with Crippen LogP contribution in [-0.2, 0) is 23.9 Å². The second-order valence-electron chi connectivity index (χ2n) is 4.48. The lowest BCUT2D eigenvalue weighted by Gasteiger charge is -2.05. The number of carboxylic acids is 1. The summed E-state index contributed by atoms with van der Waals surface area (Å²) in [5.41, 5.74) is 0. The van der Waals surface area contributed by atoms with E-state index in [0.717, 1.165) is 12.8 Å². The van der Waals surface area contributed by atoms with E-state index in [1.165, 1.54) is 19.3 Å². The van der Waals surface area contributed by atoms with Gasteiger partial charge in [0.25, 0.3) is 0 Å². The largest absolute Gasteiger partial charge is 0.476 e. The number of carbonyl (C=O) groups is 3. The molecule has 1 N–H and O–H groups in total. The number of aliphatic carboxylic acids is 1. The molecule has 0 bridgehead atoms. The predicted molar refractivity (Wildman–Crippen MR) is 72.4 cm³/mol. The third-order valence-corrected chi connectivity index (χ3v) is 2.68. The third kappa shape index (κ3) is 11.6. The minimum atomic E-state index is -1.52. The van der Waals surface area contributed by atoms with Gasteiger partial charge in [0.05, 0.1) is 13.0 Å². The quantitative estimate of drug-likeness (QED) is 0.316. The van der Waals surface area contributed by atoms with Crippen LogP contribution in [0.4, 0.5) is 0 Å². The number of ketones is 1. The van der Waals surface area contributed by atoms with Gasteiger partial charge in [0.15, 0.2) is 0 Å². The van der Waals surface area contributed by atoms with Gasteiger partial charge in [-0.15, -0.1) is 0 Å². The Morgan fingerprint density at radius 2 is 1.60 bits per heavy atom. The van der Waals surface area contributed by atoms with Crippen molar-refractivity contribution in [2.45, 2.75) is 51.9 Å². The van der Waals surface area contributed by atoms with E-state index in [1.807, 2.05) is 0 Å². The van der Waals surface area contributed by atoms with Crippen LogP contribution in [0.3, 0.4) is 0 Å². The number of hydrogen-bond acceptors (Lipinski definition) is 5. The molecule has 0 rings (SSSR count). The average molecular weight is 288 g/mol. The van der Waals surface area contributed by atoms with E-state index in [-0.39, 0.29) is 19.4 Å². The first-order valence-corrected chi connectivity index (χ1v) is 7.07. The van der Waals surface area contributed by atoms with Crippen LogP contribution in [0.25, 0.3) is 0 Å². The van der Waals surface area contributed by atoms with Crippen molar-refractivity contribution in [1.29, 1.82) is 0 Å². The Balaban J connectivity index is 3.31. The maximum absolute atomic E-state index is 11.2. The van der Waals surface area contributed by atoms with E-state index in [2.05, 4.69) is 6.92 Å². The number of hydrogen-bond donors (Lipinski definition) is 1. The number of esters is 1. The molecule has 0 fully saturated rings. The van der Waals surface area contributed by atoms with Gasteiger partial charge >= 0.3 is 11.9 Å². The summed E-state index contributed by atoms with van der Waals surface area (Å²) in [6, 6.07) is 0. The van der Waals surface area contributed by atoms with Crippen LogP contribution in [0, 0.1) is 0 Å². The van der Waals surface area contributed by atoms with E-state index in [4.69, 9.17) is 14.6 Å². The maximum Gasteiger partial charge on any atom is 0.372 e. The van der Waals surface area contributed by atoms with Gasteiger partial charge in [-0.3, -0.25) is 9.59 Å². The molecule has 116 valence electrons. The fraction of sp³-hybridized carbons (Fsp3) is 0.786. The lowest BCUT2D eigenvalue weighted by atomic mass is 10.2. The molecule has 0 aromatic carbocycles. The van der Waals surface area contributed by atoms with Gasteiger partial charge in [-0.1, -0.05) is 32.6 Å². The monoisotopic (exact) mass is 288 g/mol. The zero-order valence-corrected chi connectivity index (χ0v) is 12.1. The summed E-state index contributed by atoms with van der Waals surface area (Å²) in [6.45, 7) is 3.27. The summed E-state index contributed by atoms with van der Waals surface area (Å²) in [5, 5.41) is 8.32. The van der Waals surface area contributed by atoms with Crippen molar-refractivity contribution < 1.29 is 29.0 Å². The SMILES string of the molecule is CCCCCCCOCCOC(=O)CCC(=O)C(=O)O. The highest BCUT2D eigenvalue weighted by Gasteiger charge is 2.13. The third-order valence-electron chi connectivity index (χ3n) is 2.68. The fourth-order valence-corrected chi connectivity index (χ4v) is 1.52. The first-order valence-electron chi connectivity index (χ1n) is 7.07. The zero-order chi connectivity index (χ0) is 15.2. The Hall–Kier alpha value is -1.43. The normalized spacial score (nSPS) is 10.2. The van der Waals surface area contributed by atoms with Gasteiger partial charge in [-0.05, 0) is 6.42 Å². The molecule has 0 aromatic heterocycles. The van der Waals surface area contributed by atoms with Crippen LogP contribution in [0.5, 0.6) is 0 Å². The van der Waals surface area contributed by atoms with Crippen molar-refractivity contribution in [1.82, 2.24) is 0 Å². The molecule has 6 nitrogen and oxygen atoms in total. The highest BCUT2D eigenvalue weighted by atomic mass is 16.6. The van der Waals surface area contributed by atoms with Crippen LogP contribution in [-0.4, -0.2) is 42.6 Å². The Morgan fingerprint density at radius 1 is 0.900 bits per heavy atom. The summed E-state index contributed by atoms with van der Waals surface area (Å²) < 4.78 is 10.1. The van der Waals surface area contributed by atoms with Gasteiger partial charge in [0, 0.05) is 13.0 Å². The summed E-state index contributed by atoms with van der Waals surface area (Å²) in [7, 11) is 0. The standard InChI is InChI=1S/C14H24O6/c1-2-3-4-5-6-9-19-10-11-20-13(16)8-7-12(15)14(17)18/h2-11H2,1H3,(H,17,18). The Labute approximate surface area is 119 Å². The first kappa shape index (κ1) is 18.6. The number of carboxylic acid groups (broad SMARTS) is 1. The minimum Gasteiger partial charge on any atom is -0.476 e.